The average Bonchev–Trinajstić information content (AvgIpc) is 3.31. The van der Waals surface area contributed by atoms with Crippen LogP contribution in [-0.4, -0.2) is 35.3 Å². The number of aryl methyl sites for hydroxylation is 1. The van der Waals surface area contributed by atoms with Crippen molar-refractivity contribution in [1.29, 1.82) is 0 Å². The number of nitrogens with one attached hydrogen (secondary N) is 2. The fraction of sp³-hybridized carbons (Fsp3) is 0.208. The molecule has 1 aliphatic heterocycles. The van der Waals surface area contributed by atoms with Crippen molar-refractivity contribution in [2.24, 2.45) is 0 Å². The lowest BCUT2D eigenvalue weighted by Crippen LogP contribution is -2.16. The summed E-state index contributed by atoms with van der Waals surface area (Å²) in [7, 11) is -1.05. The Labute approximate surface area is 197 Å². The first-order valence-corrected chi connectivity index (χ1v) is 11.9. The second-order valence-electron chi connectivity index (χ2n) is 7.40. The van der Waals surface area contributed by atoms with E-state index in [0.29, 0.717) is 35.1 Å². The van der Waals surface area contributed by atoms with Crippen LogP contribution in [0.15, 0.2) is 65.6 Å². The van der Waals surface area contributed by atoms with E-state index >= 15 is 0 Å². The summed E-state index contributed by atoms with van der Waals surface area (Å²) < 4.78 is 49.6. The van der Waals surface area contributed by atoms with E-state index < -0.39 is 10.0 Å². The zero-order valence-corrected chi connectivity index (χ0v) is 19.5. The smallest absolute Gasteiger partial charge is 0.262 e. The van der Waals surface area contributed by atoms with E-state index in [0.717, 1.165) is 5.56 Å². The third kappa shape index (κ3) is 5.18. The number of fused-ring (bicyclic) bond motifs is 1. The molecule has 1 aliphatic rings. The monoisotopic (exact) mass is 484 g/mol. The van der Waals surface area contributed by atoms with Gasteiger partial charge in [-0.1, -0.05) is 18.2 Å². The number of benzene rings is 3. The summed E-state index contributed by atoms with van der Waals surface area (Å²) in [6, 6.07) is 16.4. The van der Waals surface area contributed by atoms with Crippen molar-refractivity contribution in [1.82, 2.24) is 0 Å². The predicted octanol–water partition coefficient (Wildman–Crippen LogP) is 3.80. The maximum atomic E-state index is 13.0. The average molecular weight is 485 g/mol. The quantitative estimate of drug-likeness (QED) is 0.475. The fourth-order valence-electron chi connectivity index (χ4n) is 3.45. The highest BCUT2D eigenvalue weighted by Crippen LogP contribution is 2.33. The minimum atomic E-state index is -3.95. The zero-order chi connectivity index (χ0) is 24.1. The first-order valence-electron chi connectivity index (χ1n) is 10.4. The van der Waals surface area contributed by atoms with Gasteiger partial charge in [-0.3, -0.25) is 9.52 Å². The van der Waals surface area contributed by atoms with E-state index in [-0.39, 0.29) is 29.7 Å². The normalized spacial score (nSPS) is 12.2. The molecule has 0 fully saturated rings. The van der Waals surface area contributed by atoms with Crippen LogP contribution in [0.4, 0.5) is 11.4 Å². The Hall–Kier alpha value is -3.92. The van der Waals surface area contributed by atoms with Crippen molar-refractivity contribution in [3.05, 3.63) is 66.2 Å². The van der Waals surface area contributed by atoms with E-state index in [1.165, 1.54) is 32.4 Å². The zero-order valence-electron chi connectivity index (χ0n) is 18.7. The van der Waals surface area contributed by atoms with Crippen molar-refractivity contribution >= 4 is 27.3 Å². The standard InChI is InChI=1S/C24H24N2O7S/c1-30-20-6-4-3-5-18(20)26-34(28,29)17-9-11-21(31-2)19(14-17)25-24(27)12-8-16-7-10-22-23(13-16)33-15-32-22/h3-7,9-11,13-14,26H,8,12,15H2,1-2H3,(H,25,27). The van der Waals surface area contributed by atoms with Crippen molar-refractivity contribution < 1.29 is 32.2 Å². The van der Waals surface area contributed by atoms with Crippen molar-refractivity contribution in [2.45, 2.75) is 17.7 Å². The molecule has 9 nitrogen and oxygen atoms in total. The number of carbonyl (C=O) groups is 1. The number of para-hydroxylation sites is 2. The van der Waals surface area contributed by atoms with Gasteiger partial charge < -0.3 is 24.3 Å². The lowest BCUT2D eigenvalue weighted by atomic mass is 10.1. The van der Waals surface area contributed by atoms with Gasteiger partial charge in [0.2, 0.25) is 12.7 Å². The third-order valence-electron chi connectivity index (χ3n) is 5.18. The molecule has 0 bridgehead atoms. The van der Waals surface area contributed by atoms with Gasteiger partial charge in [-0.15, -0.1) is 0 Å². The maximum Gasteiger partial charge on any atom is 0.262 e. The van der Waals surface area contributed by atoms with Gasteiger partial charge in [0, 0.05) is 6.42 Å². The molecule has 0 atom stereocenters. The number of carbonyl (C=O) groups excluding carboxylic acids is 1. The van der Waals surface area contributed by atoms with Gasteiger partial charge in [0.15, 0.2) is 11.5 Å². The minimum absolute atomic E-state index is 0.0368. The summed E-state index contributed by atoms with van der Waals surface area (Å²) in [6.45, 7) is 0.185. The number of amides is 1. The van der Waals surface area contributed by atoms with E-state index in [2.05, 4.69) is 10.0 Å². The molecule has 0 saturated heterocycles. The van der Waals surface area contributed by atoms with Gasteiger partial charge in [-0.25, -0.2) is 8.42 Å². The molecule has 2 N–H and O–H groups in total. The number of ether oxygens (including phenoxy) is 4. The summed E-state index contributed by atoms with van der Waals surface area (Å²) in [6.07, 6.45) is 0.650. The maximum absolute atomic E-state index is 13.0. The SMILES string of the molecule is COc1ccc(S(=O)(=O)Nc2ccccc2OC)cc1NC(=O)CCc1ccc2c(c1)OCO2. The van der Waals surface area contributed by atoms with Gasteiger partial charge in [0.25, 0.3) is 10.0 Å². The molecule has 1 heterocycles. The molecular weight excluding hydrogens is 460 g/mol. The summed E-state index contributed by atoms with van der Waals surface area (Å²) >= 11 is 0. The Bertz CT molecular complexity index is 1310. The molecule has 3 aromatic carbocycles. The Morgan fingerprint density at radius 1 is 0.912 bits per heavy atom. The second kappa shape index (κ2) is 9.92. The molecule has 0 radical (unpaired) electrons. The highest BCUT2D eigenvalue weighted by molar-refractivity contribution is 7.92. The lowest BCUT2D eigenvalue weighted by molar-refractivity contribution is -0.116. The Morgan fingerprint density at radius 3 is 2.44 bits per heavy atom. The van der Waals surface area contributed by atoms with Gasteiger partial charge >= 0.3 is 0 Å². The van der Waals surface area contributed by atoms with Crippen LogP contribution in [-0.2, 0) is 21.2 Å². The molecule has 0 aromatic heterocycles. The van der Waals surface area contributed by atoms with Gasteiger partial charge in [-0.2, -0.15) is 0 Å². The van der Waals surface area contributed by atoms with Crippen LogP contribution in [0.25, 0.3) is 0 Å². The molecule has 178 valence electrons. The second-order valence-corrected chi connectivity index (χ2v) is 9.09. The molecule has 0 aliphatic carbocycles. The van der Waals surface area contributed by atoms with Gasteiger partial charge in [-0.05, 0) is 54.4 Å². The molecule has 10 heteroatoms. The van der Waals surface area contributed by atoms with Crippen LogP contribution in [0.3, 0.4) is 0 Å². The van der Waals surface area contributed by atoms with Crippen LogP contribution < -0.4 is 29.0 Å². The highest BCUT2D eigenvalue weighted by Gasteiger charge is 2.20. The van der Waals surface area contributed by atoms with Crippen LogP contribution in [0.5, 0.6) is 23.0 Å². The molecule has 0 spiro atoms. The van der Waals surface area contributed by atoms with Crippen molar-refractivity contribution in [2.75, 3.05) is 31.1 Å². The summed E-state index contributed by atoms with van der Waals surface area (Å²) in [4.78, 5) is 12.6. The molecule has 34 heavy (non-hydrogen) atoms. The highest BCUT2D eigenvalue weighted by atomic mass is 32.2. The van der Waals surface area contributed by atoms with Crippen LogP contribution >= 0.6 is 0 Å². The molecule has 0 unspecified atom stereocenters. The number of methoxy groups -OCH3 is 2. The van der Waals surface area contributed by atoms with Crippen molar-refractivity contribution in [3.63, 3.8) is 0 Å². The molecule has 4 rings (SSSR count). The fourth-order valence-corrected chi connectivity index (χ4v) is 4.55. The van der Waals surface area contributed by atoms with Crippen molar-refractivity contribution in [3.8, 4) is 23.0 Å². The molecule has 1 amide bonds. The van der Waals surface area contributed by atoms with Crippen LogP contribution in [0.2, 0.25) is 0 Å². The summed E-state index contributed by atoms with van der Waals surface area (Å²) in [5, 5.41) is 2.75. The van der Waals surface area contributed by atoms with Gasteiger partial charge in [0.1, 0.15) is 11.5 Å². The largest absolute Gasteiger partial charge is 0.495 e. The number of rotatable bonds is 9. The predicted molar refractivity (Wildman–Crippen MR) is 126 cm³/mol. The first-order chi connectivity index (χ1) is 16.4. The minimum Gasteiger partial charge on any atom is -0.495 e. The summed E-state index contributed by atoms with van der Waals surface area (Å²) in [5.41, 5.74) is 1.47. The Kier molecular flexibility index (Phi) is 6.78. The molecule has 0 saturated carbocycles. The van der Waals surface area contributed by atoms with E-state index in [1.807, 2.05) is 18.2 Å². The summed E-state index contributed by atoms with van der Waals surface area (Å²) in [5.74, 6) is 1.77. The molecule has 3 aromatic rings. The third-order valence-corrected chi connectivity index (χ3v) is 6.55. The Morgan fingerprint density at radius 2 is 1.65 bits per heavy atom. The number of anilines is 2. The first kappa shape index (κ1) is 23.2. The van der Waals surface area contributed by atoms with E-state index in [1.54, 1.807) is 24.3 Å². The molecular formula is C24H24N2O7S. The number of hydrogen-bond donors (Lipinski definition) is 2. The van der Waals surface area contributed by atoms with Crippen LogP contribution in [0, 0.1) is 0 Å². The van der Waals surface area contributed by atoms with Crippen LogP contribution in [0.1, 0.15) is 12.0 Å². The number of sulfonamides is 1. The Balaban J connectivity index is 1.47. The van der Waals surface area contributed by atoms with E-state index in [9.17, 15) is 13.2 Å². The van der Waals surface area contributed by atoms with E-state index in [4.69, 9.17) is 18.9 Å². The number of hydrogen-bond acceptors (Lipinski definition) is 7. The van der Waals surface area contributed by atoms with Gasteiger partial charge in [0.05, 0.1) is 30.5 Å². The topological polar surface area (TPSA) is 112 Å². The lowest BCUT2D eigenvalue weighted by Gasteiger charge is -2.14.